The summed E-state index contributed by atoms with van der Waals surface area (Å²) in [6.45, 7) is 5.71. The highest BCUT2D eigenvalue weighted by Gasteiger charge is 2.18. The maximum atomic E-state index is 14.4. The Bertz CT molecular complexity index is 2330. The van der Waals surface area contributed by atoms with Crippen LogP contribution in [-0.4, -0.2) is 0 Å². The molecule has 0 aliphatic heterocycles. The van der Waals surface area contributed by atoms with Gasteiger partial charge >= 0.3 is 0 Å². The molecule has 0 spiro atoms. The number of rotatable bonds is 8. The Labute approximate surface area is 310 Å². The van der Waals surface area contributed by atoms with Gasteiger partial charge in [-0.3, -0.25) is 0 Å². The van der Waals surface area contributed by atoms with Crippen molar-refractivity contribution < 1.29 is 48.3 Å². The van der Waals surface area contributed by atoms with Crippen molar-refractivity contribution >= 4 is 0 Å². The smallest absolute Gasteiger partial charge is 0.162 e. The maximum absolute atomic E-state index is 14.4. The van der Waals surface area contributed by atoms with Crippen LogP contribution in [0, 0.1) is 91.7 Å². The quantitative estimate of drug-likeness (QED) is 0.135. The van der Waals surface area contributed by atoms with E-state index < -0.39 is 64.0 Å². The highest BCUT2D eigenvalue weighted by molar-refractivity contribution is 5.38. The number of benzene rings is 6. The summed E-state index contributed by atoms with van der Waals surface area (Å²) < 4.78 is 154. The second kappa shape index (κ2) is 16.9. The van der Waals surface area contributed by atoms with E-state index >= 15 is 0 Å². The average molecular weight is 771 g/mol. The summed E-state index contributed by atoms with van der Waals surface area (Å²) in [6, 6.07) is 16.2. The Kier molecular flexibility index (Phi) is 12.5. The Hall–Kier alpha value is -5.45. The monoisotopic (exact) mass is 770 g/mol. The molecule has 11 heteroatoms. The van der Waals surface area contributed by atoms with Gasteiger partial charge in [0.15, 0.2) is 23.3 Å². The first-order valence-electron chi connectivity index (χ1n) is 16.9. The number of halogens is 11. The molecule has 0 nitrogen and oxygen atoms in total. The van der Waals surface area contributed by atoms with Gasteiger partial charge in [-0.05, 0) is 120 Å². The first-order chi connectivity index (χ1) is 25.9. The molecule has 0 radical (unpaired) electrons. The van der Waals surface area contributed by atoms with Gasteiger partial charge in [0.1, 0.15) is 40.7 Å². The van der Waals surface area contributed by atoms with Crippen molar-refractivity contribution in [2.45, 2.75) is 53.4 Å². The summed E-state index contributed by atoms with van der Waals surface area (Å²) in [5.41, 5.74) is 0.818. The molecular weight excluding hydrogens is 737 g/mol. The molecule has 0 unspecified atom stereocenters. The molecule has 0 atom stereocenters. The van der Waals surface area contributed by atoms with E-state index in [0.717, 1.165) is 36.4 Å². The first kappa shape index (κ1) is 40.7. The summed E-state index contributed by atoms with van der Waals surface area (Å²) >= 11 is 0. The lowest BCUT2D eigenvalue weighted by molar-refractivity contribution is 0.495. The molecule has 55 heavy (non-hydrogen) atoms. The Morgan fingerprint density at radius 3 is 1.04 bits per heavy atom. The van der Waals surface area contributed by atoms with Gasteiger partial charge in [0.25, 0.3) is 0 Å². The van der Waals surface area contributed by atoms with E-state index in [1.54, 1.807) is 19.1 Å². The minimum atomic E-state index is -1.06. The van der Waals surface area contributed by atoms with Crippen LogP contribution < -0.4 is 0 Å². The van der Waals surface area contributed by atoms with Gasteiger partial charge in [-0.15, -0.1) is 0 Å². The summed E-state index contributed by atoms with van der Waals surface area (Å²) in [5.74, 6) is -9.56. The molecular formula is C44H33F11. The van der Waals surface area contributed by atoms with Crippen LogP contribution in [0.5, 0.6) is 0 Å². The average Bonchev–Trinajstić information content (AvgIpc) is 3.12. The SMILES string of the molecule is Cc1ccc(Cc2c(F)cc(Cc3ccc(C)c(F)c3F)cc2F)cc1F.Cc1ccc(Cc2cc(F)c(Cc3cc(F)c(C)c(F)c3)c(F)c2)c(F)c1F. The highest BCUT2D eigenvalue weighted by atomic mass is 19.2. The van der Waals surface area contributed by atoms with Crippen molar-refractivity contribution in [3.05, 3.63) is 210 Å². The van der Waals surface area contributed by atoms with Crippen LogP contribution >= 0.6 is 0 Å². The van der Waals surface area contributed by atoms with E-state index in [1.165, 1.54) is 51.1 Å². The molecule has 0 aromatic heterocycles. The zero-order valence-electron chi connectivity index (χ0n) is 30.0. The second-order valence-corrected chi connectivity index (χ2v) is 13.4. The topological polar surface area (TPSA) is 0 Å². The normalized spacial score (nSPS) is 11.1. The van der Waals surface area contributed by atoms with E-state index in [-0.39, 0.29) is 81.3 Å². The van der Waals surface area contributed by atoms with Crippen LogP contribution in [-0.2, 0) is 25.7 Å². The fourth-order valence-corrected chi connectivity index (χ4v) is 5.89. The summed E-state index contributed by atoms with van der Waals surface area (Å²) in [6.07, 6.45) is -0.802. The minimum Gasteiger partial charge on any atom is -0.207 e. The lowest BCUT2D eigenvalue weighted by Gasteiger charge is -2.11. The predicted molar refractivity (Wildman–Crippen MR) is 188 cm³/mol. The van der Waals surface area contributed by atoms with Crippen LogP contribution in [0.4, 0.5) is 48.3 Å². The molecule has 6 rings (SSSR count). The number of aryl methyl sites for hydroxylation is 3. The van der Waals surface area contributed by atoms with Gasteiger partial charge in [0.05, 0.1) is 0 Å². The van der Waals surface area contributed by atoms with Gasteiger partial charge in [-0.2, -0.15) is 0 Å². The molecule has 0 aliphatic rings. The third kappa shape index (κ3) is 9.44. The molecule has 0 fully saturated rings. The Morgan fingerprint density at radius 1 is 0.309 bits per heavy atom. The summed E-state index contributed by atoms with van der Waals surface area (Å²) in [4.78, 5) is 0. The third-order valence-electron chi connectivity index (χ3n) is 9.24. The zero-order chi connectivity index (χ0) is 40.3. The van der Waals surface area contributed by atoms with Gasteiger partial charge in [-0.25, -0.2) is 48.3 Å². The Morgan fingerprint density at radius 2 is 0.636 bits per heavy atom. The van der Waals surface area contributed by atoms with Crippen LogP contribution in [0.1, 0.15) is 66.8 Å². The van der Waals surface area contributed by atoms with E-state index in [4.69, 9.17) is 0 Å². The molecule has 0 saturated heterocycles. The summed E-state index contributed by atoms with van der Waals surface area (Å²) in [7, 11) is 0. The third-order valence-corrected chi connectivity index (χ3v) is 9.24. The van der Waals surface area contributed by atoms with Crippen LogP contribution in [0.25, 0.3) is 0 Å². The molecule has 6 aromatic carbocycles. The van der Waals surface area contributed by atoms with Crippen molar-refractivity contribution in [1.82, 2.24) is 0 Å². The van der Waals surface area contributed by atoms with Crippen molar-refractivity contribution in [2.75, 3.05) is 0 Å². The van der Waals surface area contributed by atoms with E-state index in [2.05, 4.69) is 0 Å². The molecule has 0 aliphatic carbocycles. The van der Waals surface area contributed by atoms with E-state index in [9.17, 15) is 48.3 Å². The van der Waals surface area contributed by atoms with E-state index in [0.29, 0.717) is 11.1 Å². The van der Waals surface area contributed by atoms with Crippen LogP contribution in [0.2, 0.25) is 0 Å². The van der Waals surface area contributed by atoms with Gasteiger partial charge in [0.2, 0.25) is 0 Å². The molecule has 0 N–H and O–H groups in total. The molecule has 6 aromatic rings. The maximum Gasteiger partial charge on any atom is 0.162 e. The van der Waals surface area contributed by atoms with Gasteiger partial charge in [0, 0.05) is 42.4 Å². The number of hydrogen-bond acceptors (Lipinski definition) is 0. The fourth-order valence-electron chi connectivity index (χ4n) is 5.89. The predicted octanol–water partition coefficient (Wildman–Crippen LogP) is 12.5. The minimum absolute atomic E-state index is 0.0188. The fraction of sp³-hybridized carbons (Fsp3) is 0.182. The second-order valence-electron chi connectivity index (χ2n) is 13.4. The largest absolute Gasteiger partial charge is 0.207 e. The van der Waals surface area contributed by atoms with Crippen molar-refractivity contribution in [3.8, 4) is 0 Å². The molecule has 0 saturated carbocycles. The van der Waals surface area contributed by atoms with Gasteiger partial charge < -0.3 is 0 Å². The van der Waals surface area contributed by atoms with Crippen molar-refractivity contribution in [1.29, 1.82) is 0 Å². The van der Waals surface area contributed by atoms with Crippen molar-refractivity contribution in [2.24, 2.45) is 0 Å². The van der Waals surface area contributed by atoms with Crippen LogP contribution in [0.3, 0.4) is 0 Å². The molecule has 0 amide bonds. The zero-order valence-corrected chi connectivity index (χ0v) is 30.0. The van der Waals surface area contributed by atoms with E-state index in [1.807, 2.05) is 0 Å². The summed E-state index contributed by atoms with van der Waals surface area (Å²) in [5, 5.41) is 0. The highest BCUT2D eigenvalue weighted by Crippen LogP contribution is 2.26. The van der Waals surface area contributed by atoms with Crippen LogP contribution in [0.15, 0.2) is 78.9 Å². The molecule has 0 bridgehead atoms. The Balaban J connectivity index is 0.000000211. The van der Waals surface area contributed by atoms with Crippen molar-refractivity contribution in [3.63, 3.8) is 0 Å². The first-order valence-corrected chi connectivity index (χ1v) is 16.9. The number of hydrogen-bond donors (Lipinski definition) is 0. The molecule has 0 heterocycles. The molecule has 286 valence electrons. The lowest BCUT2D eigenvalue weighted by atomic mass is 9.97. The lowest BCUT2D eigenvalue weighted by Crippen LogP contribution is -2.03. The van der Waals surface area contributed by atoms with Gasteiger partial charge in [-0.1, -0.05) is 36.4 Å². The standard InChI is InChI=1S/C22H16F6.C22H17F5/c1-11-3-4-15(22(28)21(11)27)5-13-9-19(25)16(20(26)10-13)6-14-7-17(23)12(2)18(24)8-14;1-12-3-5-14(9-18(12)23)8-17-19(24)10-15(11-20(17)25)7-16-6-4-13(2)21(26)22(16)27/h3-4,7-10H,5-6H2,1-2H3;3-6,9-11H,7-8H2,1-2H3.